The van der Waals surface area contributed by atoms with Crippen LogP contribution in [0.25, 0.3) is 10.9 Å². The number of fused-ring (bicyclic) bond motifs is 1. The van der Waals surface area contributed by atoms with Crippen molar-refractivity contribution in [2.45, 2.75) is 51.1 Å². The number of aromatic amines is 1. The summed E-state index contributed by atoms with van der Waals surface area (Å²) in [4.78, 5) is 15.8. The molecule has 3 rings (SSSR count). The van der Waals surface area contributed by atoms with Crippen molar-refractivity contribution in [3.8, 4) is 0 Å². The van der Waals surface area contributed by atoms with E-state index in [1.807, 2.05) is 24.3 Å². The van der Waals surface area contributed by atoms with E-state index in [0.29, 0.717) is 12.1 Å². The van der Waals surface area contributed by atoms with Gasteiger partial charge in [0, 0.05) is 36.0 Å². The molecule has 3 nitrogen and oxygen atoms in total. The number of amides is 1. The summed E-state index contributed by atoms with van der Waals surface area (Å²) < 4.78 is 39.8. The Morgan fingerprint density at radius 1 is 1.07 bits per heavy atom. The van der Waals surface area contributed by atoms with Gasteiger partial charge in [-0.05, 0) is 29.7 Å². The van der Waals surface area contributed by atoms with Gasteiger partial charge in [-0.1, -0.05) is 62.6 Å². The molecule has 0 aliphatic carbocycles. The van der Waals surface area contributed by atoms with Gasteiger partial charge in [-0.25, -0.2) is 0 Å². The largest absolute Gasteiger partial charge is 0.416 e. The number of unbranched alkanes of at least 4 members (excludes halogenated alkanes) is 3. The highest BCUT2D eigenvalue weighted by Gasteiger charge is 2.31. The molecule has 2 N–H and O–H groups in total. The summed E-state index contributed by atoms with van der Waals surface area (Å²) in [6.45, 7) is 2.71. The molecule has 0 aliphatic heterocycles. The van der Waals surface area contributed by atoms with E-state index in [-0.39, 0.29) is 12.3 Å². The number of alkyl halides is 3. The first-order valence-electron chi connectivity index (χ1n) is 10.4. The van der Waals surface area contributed by atoms with Crippen LogP contribution in [0.1, 0.15) is 61.6 Å². The number of H-pyrrole nitrogens is 1. The second-order valence-corrected chi connectivity index (χ2v) is 7.58. The van der Waals surface area contributed by atoms with Gasteiger partial charge in [0.05, 0.1) is 5.56 Å². The fourth-order valence-corrected chi connectivity index (χ4v) is 3.76. The molecule has 0 aliphatic rings. The predicted molar refractivity (Wildman–Crippen MR) is 113 cm³/mol. The molecule has 1 atom stereocenters. The Labute approximate surface area is 174 Å². The van der Waals surface area contributed by atoms with E-state index in [9.17, 15) is 18.0 Å². The van der Waals surface area contributed by atoms with Crippen LogP contribution in [0, 0.1) is 0 Å². The average molecular weight is 416 g/mol. The Balaban J connectivity index is 1.87. The summed E-state index contributed by atoms with van der Waals surface area (Å²) in [5, 5.41) is 3.84. The zero-order valence-corrected chi connectivity index (χ0v) is 17.1. The Morgan fingerprint density at radius 2 is 1.87 bits per heavy atom. The highest BCUT2D eigenvalue weighted by molar-refractivity contribution is 5.86. The molecule has 1 aromatic heterocycles. The molecule has 0 radical (unpaired) electrons. The molecule has 160 valence electrons. The van der Waals surface area contributed by atoms with E-state index in [4.69, 9.17) is 0 Å². The van der Waals surface area contributed by atoms with Crippen LogP contribution < -0.4 is 5.32 Å². The lowest BCUT2D eigenvalue weighted by atomic mass is 9.87. The van der Waals surface area contributed by atoms with Gasteiger partial charge in [-0.2, -0.15) is 13.2 Å². The number of benzene rings is 2. The van der Waals surface area contributed by atoms with Gasteiger partial charge < -0.3 is 10.3 Å². The van der Waals surface area contributed by atoms with Gasteiger partial charge >= 0.3 is 6.18 Å². The maximum absolute atomic E-state index is 13.3. The van der Waals surface area contributed by atoms with Crippen LogP contribution in [0.4, 0.5) is 13.2 Å². The van der Waals surface area contributed by atoms with Crippen molar-refractivity contribution >= 4 is 16.8 Å². The molecule has 0 bridgehead atoms. The van der Waals surface area contributed by atoms with Crippen LogP contribution >= 0.6 is 0 Å². The molecule has 0 saturated heterocycles. The van der Waals surface area contributed by atoms with Crippen molar-refractivity contribution in [3.05, 3.63) is 71.4 Å². The zero-order chi connectivity index (χ0) is 21.6. The summed E-state index contributed by atoms with van der Waals surface area (Å²) in [7, 11) is 0. The lowest BCUT2D eigenvalue weighted by molar-refractivity contribution is -0.137. The number of halogens is 3. The van der Waals surface area contributed by atoms with Crippen LogP contribution in [0.15, 0.2) is 54.7 Å². The SMILES string of the molecule is CCCCCCNC(=O)C[C@H](c1cccc(C(F)(F)F)c1)c1c[nH]c2ccccc12. The van der Waals surface area contributed by atoms with Crippen molar-refractivity contribution in [1.82, 2.24) is 10.3 Å². The highest BCUT2D eigenvalue weighted by Crippen LogP contribution is 2.36. The second kappa shape index (κ2) is 9.83. The molecule has 1 heterocycles. The Morgan fingerprint density at radius 3 is 2.63 bits per heavy atom. The lowest BCUT2D eigenvalue weighted by Crippen LogP contribution is -2.26. The smallest absolute Gasteiger partial charge is 0.361 e. The van der Waals surface area contributed by atoms with Crippen LogP contribution in [-0.4, -0.2) is 17.4 Å². The molecule has 0 fully saturated rings. The van der Waals surface area contributed by atoms with Crippen LogP contribution in [0.5, 0.6) is 0 Å². The minimum absolute atomic E-state index is 0.0942. The number of para-hydroxylation sites is 1. The Bertz CT molecular complexity index is 978. The third-order valence-corrected chi connectivity index (χ3v) is 5.35. The highest BCUT2D eigenvalue weighted by atomic mass is 19.4. The quantitative estimate of drug-likeness (QED) is 0.389. The van der Waals surface area contributed by atoms with Gasteiger partial charge in [-0.15, -0.1) is 0 Å². The molecule has 0 saturated carbocycles. The van der Waals surface area contributed by atoms with E-state index in [1.165, 1.54) is 6.07 Å². The summed E-state index contributed by atoms with van der Waals surface area (Å²) in [6.07, 6.45) is 1.66. The van der Waals surface area contributed by atoms with Crippen molar-refractivity contribution in [2.75, 3.05) is 6.54 Å². The summed E-state index contributed by atoms with van der Waals surface area (Å²) in [5.41, 5.74) is 1.50. The minimum Gasteiger partial charge on any atom is -0.361 e. The van der Waals surface area contributed by atoms with Gasteiger partial charge in [0.25, 0.3) is 0 Å². The number of hydrogen-bond acceptors (Lipinski definition) is 1. The average Bonchev–Trinajstić information content (AvgIpc) is 3.15. The molecule has 0 spiro atoms. The number of rotatable bonds is 9. The summed E-state index contributed by atoms with van der Waals surface area (Å²) >= 11 is 0. The monoisotopic (exact) mass is 416 g/mol. The molecule has 3 aromatic rings. The third kappa shape index (κ3) is 5.43. The number of nitrogens with one attached hydrogen (secondary N) is 2. The normalized spacial score (nSPS) is 12.8. The third-order valence-electron chi connectivity index (χ3n) is 5.35. The van der Waals surface area contributed by atoms with Crippen molar-refractivity contribution in [3.63, 3.8) is 0 Å². The van der Waals surface area contributed by atoms with E-state index in [0.717, 1.165) is 54.3 Å². The van der Waals surface area contributed by atoms with E-state index in [2.05, 4.69) is 17.2 Å². The lowest BCUT2D eigenvalue weighted by Gasteiger charge is -2.19. The molecule has 6 heteroatoms. The van der Waals surface area contributed by atoms with Gasteiger partial charge in [0.1, 0.15) is 0 Å². The van der Waals surface area contributed by atoms with E-state index >= 15 is 0 Å². The number of hydrogen-bond donors (Lipinski definition) is 2. The van der Waals surface area contributed by atoms with Crippen LogP contribution in [-0.2, 0) is 11.0 Å². The first-order chi connectivity index (χ1) is 14.4. The number of carbonyl (C=O) groups is 1. The number of carbonyl (C=O) groups excluding carboxylic acids is 1. The molecule has 0 unspecified atom stereocenters. The van der Waals surface area contributed by atoms with E-state index in [1.54, 1.807) is 12.3 Å². The second-order valence-electron chi connectivity index (χ2n) is 7.58. The molecule has 2 aromatic carbocycles. The van der Waals surface area contributed by atoms with Crippen molar-refractivity contribution in [2.24, 2.45) is 0 Å². The maximum atomic E-state index is 13.3. The van der Waals surface area contributed by atoms with Crippen LogP contribution in [0.3, 0.4) is 0 Å². The van der Waals surface area contributed by atoms with Gasteiger partial charge in [0.2, 0.25) is 5.91 Å². The van der Waals surface area contributed by atoms with E-state index < -0.39 is 17.7 Å². The predicted octanol–water partition coefficient (Wildman–Crippen LogP) is 6.41. The van der Waals surface area contributed by atoms with Crippen molar-refractivity contribution in [1.29, 1.82) is 0 Å². The molecular formula is C24H27F3N2O. The first-order valence-corrected chi connectivity index (χ1v) is 10.4. The molecule has 1 amide bonds. The van der Waals surface area contributed by atoms with Gasteiger partial charge in [-0.3, -0.25) is 4.79 Å². The van der Waals surface area contributed by atoms with Crippen molar-refractivity contribution < 1.29 is 18.0 Å². The minimum atomic E-state index is -4.43. The molecular weight excluding hydrogens is 389 g/mol. The van der Waals surface area contributed by atoms with Crippen LogP contribution in [0.2, 0.25) is 0 Å². The Kier molecular flexibility index (Phi) is 7.19. The summed E-state index contributed by atoms with van der Waals surface area (Å²) in [5.74, 6) is -0.627. The fourth-order valence-electron chi connectivity index (χ4n) is 3.76. The standard InChI is InChI=1S/C24H27F3N2O/c1-2-3-4-7-13-28-23(30)15-20(17-9-8-10-18(14-17)24(25,26)27)21-16-29-22-12-6-5-11-19(21)22/h5-6,8-12,14,16,20,29H,2-4,7,13,15H2,1H3,(H,28,30)/t20-/m1/s1. The first kappa shape index (κ1) is 21.9. The zero-order valence-electron chi connectivity index (χ0n) is 17.1. The molecule has 30 heavy (non-hydrogen) atoms. The maximum Gasteiger partial charge on any atom is 0.416 e. The Hall–Kier alpha value is -2.76. The number of aromatic nitrogens is 1. The fraction of sp³-hybridized carbons (Fsp3) is 0.375. The topological polar surface area (TPSA) is 44.9 Å². The van der Waals surface area contributed by atoms with Gasteiger partial charge in [0.15, 0.2) is 0 Å². The summed E-state index contributed by atoms with van der Waals surface area (Å²) in [6, 6.07) is 12.9.